The largest absolute Gasteiger partial charge is 0.494 e. The topological polar surface area (TPSA) is 38.3 Å². The predicted octanol–water partition coefficient (Wildman–Crippen LogP) is 2.65. The van der Waals surface area contributed by atoms with Gasteiger partial charge in [-0.25, -0.2) is 0 Å². The maximum atomic E-state index is 12.0. The molecule has 17 heavy (non-hydrogen) atoms. The molecule has 0 aliphatic rings. The number of ether oxygens (including phenoxy) is 1. The minimum absolute atomic E-state index is 0.113. The van der Waals surface area contributed by atoms with E-state index >= 15 is 0 Å². The van der Waals surface area contributed by atoms with Crippen LogP contribution < -0.4 is 10.1 Å². The summed E-state index contributed by atoms with van der Waals surface area (Å²) in [5, 5.41) is 3.20. The first-order valence-electron chi connectivity index (χ1n) is 6.07. The smallest absolute Gasteiger partial charge is 0.179 e. The molecule has 3 heteroatoms. The third kappa shape index (κ3) is 4.19. The lowest BCUT2D eigenvalue weighted by Crippen LogP contribution is -2.38. The number of nitrogens with one attached hydrogen (secondary N) is 1. The Balaban J connectivity index is 2.69. The average Bonchev–Trinajstić information content (AvgIpc) is 2.28. The molecule has 94 valence electrons. The van der Waals surface area contributed by atoms with Crippen molar-refractivity contribution >= 4 is 5.78 Å². The van der Waals surface area contributed by atoms with E-state index in [2.05, 4.69) is 5.32 Å². The fourth-order valence-electron chi connectivity index (χ4n) is 1.71. The molecule has 0 heterocycles. The third-order valence-electron chi connectivity index (χ3n) is 2.43. The van der Waals surface area contributed by atoms with E-state index in [0.29, 0.717) is 18.2 Å². The van der Waals surface area contributed by atoms with Crippen molar-refractivity contribution in [1.82, 2.24) is 5.32 Å². The zero-order valence-corrected chi connectivity index (χ0v) is 11.0. The van der Waals surface area contributed by atoms with Crippen LogP contribution in [0.1, 0.15) is 38.1 Å². The highest BCUT2D eigenvalue weighted by atomic mass is 16.5. The quantitative estimate of drug-likeness (QED) is 0.770. The fraction of sp³-hybridized carbons (Fsp3) is 0.500. The molecule has 0 amide bonds. The average molecular weight is 235 g/mol. The van der Waals surface area contributed by atoms with Gasteiger partial charge < -0.3 is 10.1 Å². The highest BCUT2D eigenvalue weighted by Gasteiger charge is 2.15. The molecule has 0 aliphatic carbocycles. The number of carbonyl (C=O) groups excluding carboxylic acids is 1. The molecule has 0 saturated carbocycles. The molecule has 1 unspecified atom stereocenters. The monoisotopic (exact) mass is 235 g/mol. The Bertz CT molecular complexity index is 357. The number of Topliss-reactive ketones (excluding diaryl/α,β-unsaturated/α-hetero) is 1. The minimum atomic E-state index is -0.159. The van der Waals surface area contributed by atoms with Gasteiger partial charge in [-0.05, 0) is 38.1 Å². The molecule has 0 spiro atoms. The van der Waals surface area contributed by atoms with Crippen LogP contribution in [0.4, 0.5) is 0 Å². The number of carbonyl (C=O) groups is 1. The van der Waals surface area contributed by atoms with Crippen LogP contribution in [0.15, 0.2) is 24.3 Å². The lowest BCUT2D eigenvalue weighted by molar-refractivity contribution is 0.0946. The van der Waals surface area contributed by atoms with Crippen LogP contribution in [0.3, 0.4) is 0 Å². The van der Waals surface area contributed by atoms with E-state index < -0.39 is 0 Å². The van der Waals surface area contributed by atoms with Gasteiger partial charge >= 0.3 is 0 Å². The zero-order chi connectivity index (χ0) is 12.8. The summed E-state index contributed by atoms with van der Waals surface area (Å²) in [7, 11) is 0. The van der Waals surface area contributed by atoms with Crippen molar-refractivity contribution in [2.45, 2.75) is 39.8 Å². The van der Waals surface area contributed by atoms with Crippen LogP contribution in [0, 0.1) is 0 Å². The van der Waals surface area contributed by atoms with Gasteiger partial charge in [0.05, 0.1) is 12.6 Å². The van der Waals surface area contributed by atoms with E-state index in [1.807, 2.05) is 52.0 Å². The fourth-order valence-corrected chi connectivity index (χ4v) is 1.71. The Kier molecular flexibility index (Phi) is 5.16. The second-order valence-electron chi connectivity index (χ2n) is 4.36. The van der Waals surface area contributed by atoms with Gasteiger partial charge in [0.2, 0.25) is 0 Å². The van der Waals surface area contributed by atoms with Gasteiger partial charge in [-0.15, -0.1) is 0 Å². The maximum absolute atomic E-state index is 12.0. The van der Waals surface area contributed by atoms with Gasteiger partial charge in [-0.1, -0.05) is 13.8 Å². The normalized spacial score (nSPS) is 12.5. The van der Waals surface area contributed by atoms with E-state index in [-0.39, 0.29) is 11.8 Å². The summed E-state index contributed by atoms with van der Waals surface area (Å²) >= 11 is 0. The number of hydrogen-bond donors (Lipinski definition) is 1. The third-order valence-corrected chi connectivity index (χ3v) is 2.43. The van der Waals surface area contributed by atoms with Crippen molar-refractivity contribution in [2.24, 2.45) is 0 Å². The van der Waals surface area contributed by atoms with E-state index in [9.17, 15) is 4.79 Å². The molecular formula is C14H21NO2. The van der Waals surface area contributed by atoms with Crippen LogP contribution in [0.5, 0.6) is 5.75 Å². The molecule has 1 aromatic rings. The molecule has 1 aromatic carbocycles. The summed E-state index contributed by atoms with van der Waals surface area (Å²) < 4.78 is 5.34. The SMILES string of the molecule is CCOc1ccc(C(=O)C(C)NC(C)C)cc1. The van der Waals surface area contributed by atoms with Crippen molar-refractivity contribution in [2.75, 3.05) is 6.61 Å². The van der Waals surface area contributed by atoms with E-state index in [4.69, 9.17) is 4.74 Å². The van der Waals surface area contributed by atoms with Gasteiger partial charge in [0.25, 0.3) is 0 Å². The van der Waals surface area contributed by atoms with Crippen molar-refractivity contribution < 1.29 is 9.53 Å². The first-order valence-corrected chi connectivity index (χ1v) is 6.07. The van der Waals surface area contributed by atoms with Crippen molar-refractivity contribution in [3.63, 3.8) is 0 Å². The highest BCUT2D eigenvalue weighted by molar-refractivity contribution is 5.99. The molecule has 0 radical (unpaired) electrons. The lowest BCUT2D eigenvalue weighted by Gasteiger charge is -2.15. The second kappa shape index (κ2) is 6.40. The summed E-state index contributed by atoms with van der Waals surface area (Å²) in [5.41, 5.74) is 0.717. The van der Waals surface area contributed by atoms with Crippen molar-refractivity contribution in [3.8, 4) is 5.75 Å². The number of benzene rings is 1. The van der Waals surface area contributed by atoms with E-state index in [1.54, 1.807) is 0 Å². The van der Waals surface area contributed by atoms with Gasteiger partial charge in [0, 0.05) is 11.6 Å². The van der Waals surface area contributed by atoms with Gasteiger partial charge in [-0.2, -0.15) is 0 Å². The molecule has 0 aliphatic heterocycles. The minimum Gasteiger partial charge on any atom is -0.494 e. The molecule has 0 fully saturated rings. The van der Waals surface area contributed by atoms with Gasteiger partial charge in [0.15, 0.2) is 5.78 Å². The highest BCUT2D eigenvalue weighted by Crippen LogP contribution is 2.13. The van der Waals surface area contributed by atoms with E-state index in [1.165, 1.54) is 0 Å². The molecule has 3 nitrogen and oxygen atoms in total. The Morgan fingerprint density at radius 2 is 1.82 bits per heavy atom. The molecule has 1 atom stereocenters. The second-order valence-corrected chi connectivity index (χ2v) is 4.36. The number of ketones is 1. The van der Waals surface area contributed by atoms with Gasteiger partial charge in [-0.3, -0.25) is 4.79 Å². The summed E-state index contributed by atoms with van der Waals surface area (Å²) in [6.07, 6.45) is 0. The van der Waals surface area contributed by atoms with E-state index in [0.717, 1.165) is 5.75 Å². The summed E-state index contributed by atoms with van der Waals surface area (Å²) in [6.45, 7) is 8.52. The molecule has 0 bridgehead atoms. The maximum Gasteiger partial charge on any atom is 0.179 e. The summed E-state index contributed by atoms with van der Waals surface area (Å²) in [6, 6.07) is 7.43. The predicted molar refractivity (Wildman–Crippen MR) is 69.7 cm³/mol. The first kappa shape index (κ1) is 13.7. The van der Waals surface area contributed by atoms with Crippen LogP contribution in [0.2, 0.25) is 0 Å². The molecule has 1 rings (SSSR count). The van der Waals surface area contributed by atoms with Crippen molar-refractivity contribution in [3.05, 3.63) is 29.8 Å². The van der Waals surface area contributed by atoms with Crippen LogP contribution in [-0.4, -0.2) is 24.5 Å². The lowest BCUT2D eigenvalue weighted by atomic mass is 10.0. The Hall–Kier alpha value is -1.35. The summed E-state index contributed by atoms with van der Waals surface area (Å²) in [5.74, 6) is 0.912. The molecule has 0 saturated heterocycles. The number of rotatable bonds is 6. The summed E-state index contributed by atoms with van der Waals surface area (Å²) in [4.78, 5) is 12.0. The van der Waals surface area contributed by atoms with Crippen molar-refractivity contribution in [1.29, 1.82) is 0 Å². The molecular weight excluding hydrogens is 214 g/mol. The molecule has 0 aromatic heterocycles. The molecule has 1 N–H and O–H groups in total. The van der Waals surface area contributed by atoms with Gasteiger partial charge in [0.1, 0.15) is 5.75 Å². The number of hydrogen-bond acceptors (Lipinski definition) is 3. The van der Waals surface area contributed by atoms with Crippen LogP contribution >= 0.6 is 0 Å². The Labute approximate surface area is 103 Å². The zero-order valence-electron chi connectivity index (χ0n) is 11.0. The standard InChI is InChI=1S/C14H21NO2/c1-5-17-13-8-6-12(7-9-13)14(16)11(4)15-10(2)3/h6-11,15H,5H2,1-4H3. The van der Waals surface area contributed by atoms with Crippen LogP contribution in [-0.2, 0) is 0 Å². The Morgan fingerprint density at radius 1 is 1.24 bits per heavy atom. The Morgan fingerprint density at radius 3 is 2.29 bits per heavy atom. The first-order chi connectivity index (χ1) is 8.04. The van der Waals surface area contributed by atoms with Crippen LogP contribution in [0.25, 0.3) is 0 Å².